The number of aromatic nitrogens is 3. The SMILES string of the molecule is CCCc1ccc(OCC(=O)Nc2nc3scc(-c4ccc(C)cc4C)n3n2)cc1. The quantitative estimate of drug-likeness (QED) is 0.455. The van der Waals surface area contributed by atoms with Crippen LogP contribution in [0.3, 0.4) is 0 Å². The lowest BCUT2D eigenvalue weighted by Gasteiger charge is -2.06. The summed E-state index contributed by atoms with van der Waals surface area (Å²) in [6, 6.07) is 14.1. The van der Waals surface area contributed by atoms with E-state index >= 15 is 0 Å². The van der Waals surface area contributed by atoms with E-state index in [9.17, 15) is 4.79 Å². The Morgan fingerprint density at radius 1 is 1.17 bits per heavy atom. The maximum atomic E-state index is 12.3. The van der Waals surface area contributed by atoms with Gasteiger partial charge in [-0.15, -0.1) is 16.4 Å². The number of fused-ring (bicyclic) bond motifs is 1. The molecule has 4 rings (SSSR count). The highest BCUT2D eigenvalue weighted by Gasteiger charge is 2.15. The lowest BCUT2D eigenvalue weighted by molar-refractivity contribution is -0.118. The molecular weight excluding hydrogens is 396 g/mol. The van der Waals surface area contributed by atoms with Crippen LogP contribution in [0.15, 0.2) is 47.8 Å². The highest BCUT2D eigenvalue weighted by Crippen LogP contribution is 2.28. The van der Waals surface area contributed by atoms with Crippen LogP contribution in [-0.2, 0) is 11.2 Å². The fraction of sp³-hybridized carbons (Fsp3) is 0.261. The van der Waals surface area contributed by atoms with Crippen molar-refractivity contribution in [1.29, 1.82) is 0 Å². The zero-order chi connectivity index (χ0) is 21.1. The second kappa shape index (κ2) is 8.67. The number of aryl methyl sites for hydroxylation is 3. The van der Waals surface area contributed by atoms with Gasteiger partial charge in [-0.1, -0.05) is 49.2 Å². The minimum absolute atomic E-state index is 0.0933. The van der Waals surface area contributed by atoms with Gasteiger partial charge in [0.25, 0.3) is 11.9 Å². The van der Waals surface area contributed by atoms with E-state index in [0.29, 0.717) is 5.75 Å². The summed E-state index contributed by atoms with van der Waals surface area (Å²) in [4.78, 5) is 17.4. The highest BCUT2D eigenvalue weighted by atomic mass is 32.1. The summed E-state index contributed by atoms with van der Waals surface area (Å²) < 4.78 is 7.35. The average molecular weight is 421 g/mol. The third-order valence-corrected chi connectivity index (χ3v) is 5.64. The van der Waals surface area contributed by atoms with E-state index in [1.54, 1.807) is 4.52 Å². The Morgan fingerprint density at radius 2 is 1.97 bits per heavy atom. The maximum absolute atomic E-state index is 12.3. The van der Waals surface area contributed by atoms with Crippen LogP contribution in [-0.4, -0.2) is 27.1 Å². The molecule has 2 aromatic carbocycles. The molecule has 0 saturated carbocycles. The Labute approximate surface area is 179 Å². The van der Waals surface area contributed by atoms with Crippen LogP contribution in [0.2, 0.25) is 0 Å². The van der Waals surface area contributed by atoms with Gasteiger partial charge >= 0.3 is 0 Å². The Balaban J connectivity index is 1.42. The van der Waals surface area contributed by atoms with Gasteiger partial charge in [-0.25, -0.2) is 4.52 Å². The maximum Gasteiger partial charge on any atom is 0.264 e. The monoisotopic (exact) mass is 420 g/mol. The molecule has 0 fully saturated rings. The molecule has 7 heteroatoms. The van der Waals surface area contributed by atoms with Crippen LogP contribution in [0.4, 0.5) is 5.95 Å². The standard InChI is InChI=1S/C23H24N4O2S/c1-4-5-17-7-9-18(10-8-17)29-13-21(28)24-22-25-23-27(26-22)20(14-30-23)19-11-6-15(2)12-16(19)3/h6-12,14H,4-5,13H2,1-3H3,(H,24,26,28). The number of carbonyl (C=O) groups is 1. The van der Waals surface area contributed by atoms with Crippen molar-refractivity contribution < 1.29 is 9.53 Å². The number of anilines is 1. The first-order valence-corrected chi connectivity index (χ1v) is 10.8. The number of nitrogens with zero attached hydrogens (tertiary/aromatic N) is 3. The molecule has 0 bridgehead atoms. The van der Waals surface area contributed by atoms with Crippen molar-refractivity contribution in [3.8, 4) is 17.0 Å². The smallest absolute Gasteiger partial charge is 0.264 e. The molecule has 0 radical (unpaired) electrons. The number of thiazole rings is 1. The normalized spacial score (nSPS) is 11.0. The zero-order valence-electron chi connectivity index (χ0n) is 17.3. The number of benzene rings is 2. The van der Waals surface area contributed by atoms with Gasteiger partial charge in [-0.05, 0) is 43.5 Å². The van der Waals surface area contributed by atoms with Crippen molar-refractivity contribution in [2.75, 3.05) is 11.9 Å². The van der Waals surface area contributed by atoms with E-state index in [4.69, 9.17) is 4.74 Å². The molecule has 0 spiro atoms. The van der Waals surface area contributed by atoms with Gasteiger partial charge < -0.3 is 4.74 Å². The summed E-state index contributed by atoms with van der Waals surface area (Å²) in [6.45, 7) is 6.21. The van der Waals surface area contributed by atoms with Crippen molar-refractivity contribution in [2.45, 2.75) is 33.6 Å². The molecular formula is C23H24N4O2S. The number of nitrogens with one attached hydrogen (secondary N) is 1. The molecule has 1 amide bonds. The van der Waals surface area contributed by atoms with Crippen LogP contribution in [0.25, 0.3) is 16.2 Å². The number of ether oxygens (including phenoxy) is 1. The molecule has 0 aliphatic rings. The molecule has 1 N–H and O–H groups in total. The molecule has 154 valence electrons. The van der Waals surface area contributed by atoms with Crippen LogP contribution in [0.5, 0.6) is 5.75 Å². The Kier molecular flexibility index (Phi) is 5.81. The summed E-state index contributed by atoms with van der Waals surface area (Å²) in [5, 5.41) is 9.22. The summed E-state index contributed by atoms with van der Waals surface area (Å²) >= 11 is 1.49. The van der Waals surface area contributed by atoms with Gasteiger partial charge in [0, 0.05) is 10.9 Å². The van der Waals surface area contributed by atoms with Gasteiger partial charge in [-0.3, -0.25) is 10.1 Å². The van der Waals surface area contributed by atoms with E-state index in [0.717, 1.165) is 29.1 Å². The summed E-state index contributed by atoms with van der Waals surface area (Å²) in [7, 11) is 0. The Morgan fingerprint density at radius 3 is 2.70 bits per heavy atom. The number of hydrogen-bond acceptors (Lipinski definition) is 5. The minimum Gasteiger partial charge on any atom is -0.484 e. The van der Waals surface area contributed by atoms with E-state index in [1.165, 1.54) is 28.0 Å². The lowest BCUT2D eigenvalue weighted by atomic mass is 10.0. The molecule has 2 aromatic heterocycles. The van der Waals surface area contributed by atoms with Crippen molar-refractivity contribution in [2.24, 2.45) is 0 Å². The second-order valence-corrected chi connectivity index (χ2v) is 8.14. The van der Waals surface area contributed by atoms with Gasteiger partial charge in [-0.2, -0.15) is 4.98 Å². The largest absolute Gasteiger partial charge is 0.484 e. The van der Waals surface area contributed by atoms with Gasteiger partial charge in [0.15, 0.2) is 6.61 Å². The van der Waals surface area contributed by atoms with Crippen molar-refractivity contribution >= 4 is 28.2 Å². The van der Waals surface area contributed by atoms with E-state index in [1.807, 2.05) is 29.6 Å². The van der Waals surface area contributed by atoms with Crippen LogP contribution < -0.4 is 10.1 Å². The first-order chi connectivity index (χ1) is 14.5. The first-order valence-electron chi connectivity index (χ1n) is 9.97. The summed E-state index contributed by atoms with van der Waals surface area (Å²) in [5.74, 6) is 0.652. The number of hydrogen-bond donors (Lipinski definition) is 1. The Hall–Kier alpha value is -3.19. The second-order valence-electron chi connectivity index (χ2n) is 7.30. The molecule has 6 nitrogen and oxygen atoms in total. The first kappa shape index (κ1) is 20.1. The summed E-state index contributed by atoms with van der Waals surface area (Å²) in [5.41, 5.74) is 5.72. The fourth-order valence-electron chi connectivity index (χ4n) is 3.37. The minimum atomic E-state index is -0.293. The summed E-state index contributed by atoms with van der Waals surface area (Å²) in [6.07, 6.45) is 2.14. The van der Waals surface area contributed by atoms with Crippen molar-refractivity contribution in [3.63, 3.8) is 0 Å². The van der Waals surface area contributed by atoms with Crippen molar-refractivity contribution in [3.05, 3.63) is 64.5 Å². The average Bonchev–Trinajstić information content (AvgIpc) is 3.28. The zero-order valence-corrected chi connectivity index (χ0v) is 18.1. The van der Waals surface area contributed by atoms with Gasteiger partial charge in [0.1, 0.15) is 5.75 Å². The molecule has 0 atom stereocenters. The predicted octanol–water partition coefficient (Wildman–Crippen LogP) is 5.04. The third kappa shape index (κ3) is 4.36. The molecule has 0 aliphatic carbocycles. The van der Waals surface area contributed by atoms with E-state index in [2.05, 4.69) is 54.4 Å². The number of amides is 1. The number of rotatable bonds is 7. The Bertz CT molecular complexity index is 1180. The molecule has 4 aromatic rings. The molecule has 0 saturated heterocycles. The van der Waals surface area contributed by atoms with Crippen molar-refractivity contribution in [1.82, 2.24) is 14.6 Å². The fourth-order valence-corrected chi connectivity index (χ4v) is 4.19. The topological polar surface area (TPSA) is 68.5 Å². The molecule has 0 unspecified atom stereocenters. The lowest BCUT2D eigenvalue weighted by Crippen LogP contribution is -2.21. The predicted molar refractivity (Wildman–Crippen MR) is 120 cm³/mol. The van der Waals surface area contributed by atoms with E-state index < -0.39 is 0 Å². The molecule has 2 heterocycles. The van der Waals surface area contributed by atoms with Crippen LogP contribution in [0.1, 0.15) is 30.0 Å². The van der Waals surface area contributed by atoms with Gasteiger partial charge in [0.2, 0.25) is 4.96 Å². The highest BCUT2D eigenvalue weighted by molar-refractivity contribution is 7.15. The molecule has 30 heavy (non-hydrogen) atoms. The van der Waals surface area contributed by atoms with Gasteiger partial charge in [0.05, 0.1) is 5.69 Å². The van der Waals surface area contributed by atoms with Crippen LogP contribution in [0, 0.1) is 13.8 Å². The third-order valence-electron chi connectivity index (χ3n) is 4.82. The van der Waals surface area contributed by atoms with Crippen LogP contribution >= 0.6 is 11.3 Å². The molecule has 0 aliphatic heterocycles. The number of carbonyl (C=O) groups excluding carboxylic acids is 1. The van der Waals surface area contributed by atoms with E-state index in [-0.39, 0.29) is 18.5 Å².